The fourth-order valence-electron chi connectivity index (χ4n) is 1.36. The van der Waals surface area contributed by atoms with Gasteiger partial charge >= 0.3 is 0 Å². The summed E-state index contributed by atoms with van der Waals surface area (Å²) in [6, 6.07) is 8.89. The molecular weight excluding hydrogens is 186 g/mol. The van der Waals surface area contributed by atoms with Crippen LogP contribution in [0.5, 0.6) is 0 Å². The molecule has 0 aromatic heterocycles. The zero-order chi connectivity index (χ0) is 11.3. The van der Waals surface area contributed by atoms with Gasteiger partial charge in [0.2, 0.25) is 0 Å². The van der Waals surface area contributed by atoms with Crippen molar-refractivity contribution in [3.05, 3.63) is 34.9 Å². The van der Waals surface area contributed by atoms with Gasteiger partial charge in [-0.3, -0.25) is 0 Å². The zero-order valence-electron chi connectivity index (χ0n) is 9.25. The van der Waals surface area contributed by atoms with Crippen LogP contribution in [0.3, 0.4) is 0 Å². The largest absolute Gasteiger partial charge is 0.326 e. The predicted molar refractivity (Wildman–Crippen MR) is 60.1 cm³/mol. The molecule has 0 aliphatic carbocycles. The van der Waals surface area contributed by atoms with Gasteiger partial charge in [0.15, 0.2) is 0 Å². The van der Waals surface area contributed by atoms with Crippen molar-refractivity contribution in [2.75, 3.05) is 20.6 Å². The fourth-order valence-corrected chi connectivity index (χ4v) is 1.36. The van der Waals surface area contributed by atoms with Gasteiger partial charge in [0.25, 0.3) is 0 Å². The van der Waals surface area contributed by atoms with Crippen molar-refractivity contribution in [3.8, 4) is 6.07 Å². The van der Waals surface area contributed by atoms with E-state index >= 15 is 0 Å². The Kier molecular flexibility index (Phi) is 4.29. The van der Waals surface area contributed by atoms with E-state index in [9.17, 15) is 0 Å². The molecular formula is C12H16N3. The number of hydrogen-bond acceptors (Lipinski definition) is 3. The average molecular weight is 202 g/mol. The number of likely N-dealkylation sites (N-methyl/N-ethyl adjacent to an activating group) is 1. The lowest BCUT2D eigenvalue weighted by atomic mass is 10.0. The van der Waals surface area contributed by atoms with Gasteiger partial charge in [0.05, 0.1) is 11.6 Å². The summed E-state index contributed by atoms with van der Waals surface area (Å²) >= 11 is 0. The molecule has 0 saturated carbocycles. The van der Waals surface area contributed by atoms with Crippen molar-refractivity contribution in [3.63, 3.8) is 0 Å². The first kappa shape index (κ1) is 11.7. The van der Waals surface area contributed by atoms with Gasteiger partial charge in [0.1, 0.15) is 0 Å². The third-order valence-corrected chi connectivity index (χ3v) is 2.27. The lowest BCUT2D eigenvalue weighted by Gasteiger charge is -2.11. The monoisotopic (exact) mass is 202 g/mol. The molecule has 3 nitrogen and oxygen atoms in total. The number of nitrogens with zero attached hydrogens (tertiary/aromatic N) is 2. The van der Waals surface area contributed by atoms with Gasteiger partial charge in [0, 0.05) is 13.1 Å². The van der Waals surface area contributed by atoms with Gasteiger partial charge in [-0.15, -0.1) is 0 Å². The van der Waals surface area contributed by atoms with Gasteiger partial charge in [-0.05, 0) is 43.8 Å². The second-order valence-electron chi connectivity index (χ2n) is 3.77. The third-order valence-electron chi connectivity index (χ3n) is 2.27. The van der Waals surface area contributed by atoms with Crippen LogP contribution >= 0.6 is 0 Å². The molecule has 15 heavy (non-hydrogen) atoms. The van der Waals surface area contributed by atoms with Crippen LogP contribution in [0.15, 0.2) is 12.1 Å². The SMILES string of the molecule is CN(C)CCc1cc(CN)[c]cc1C#N. The zero-order valence-corrected chi connectivity index (χ0v) is 9.25. The molecule has 0 saturated heterocycles. The van der Waals surface area contributed by atoms with Gasteiger partial charge < -0.3 is 10.6 Å². The maximum atomic E-state index is 8.93. The normalized spacial score (nSPS) is 10.3. The summed E-state index contributed by atoms with van der Waals surface area (Å²) in [6.07, 6.45) is 0.873. The first-order valence-electron chi connectivity index (χ1n) is 4.95. The minimum atomic E-state index is 0.473. The van der Waals surface area contributed by atoms with Crippen LogP contribution in [0.1, 0.15) is 16.7 Å². The van der Waals surface area contributed by atoms with Crippen LogP contribution in [0.25, 0.3) is 0 Å². The van der Waals surface area contributed by atoms with E-state index in [2.05, 4.69) is 17.0 Å². The Bertz CT molecular complexity index is 364. The number of benzene rings is 1. The molecule has 0 aliphatic heterocycles. The third kappa shape index (κ3) is 3.35. The van der Waals surface area contributed by atoms with Gasteiger partial charge in [-0.25, -0.2) is 0 Å². The van der Waals surface area contributed by atoms with E-state index in [1.807, 2.05) is 20.2 Å². The molecule has 0 unspecified atom stereocenters. The van der Waals surface area contributed by atoms with Gasteiger partial charge in [-0.2, -0.15) is 5.26 Å². The van der Waals surface area contributed by atoms with Crippen molar-refractivity contribution in [1.29, 1.82) is 5.26 Å². The first-order valence-corrected chi connectivity index (χ1v) is 4.95. The standard InChI is InChI=1S/C12H16N3/c1-15(2)6-5-11-7-10(8-13)3-4-12(11)9-14/h4,7H,5-6,8,13H2,1-2H3. The van der Waals surface area contributed by atoms with E-state index in [4.69, 9.17) is 11.0 Å². The minimum absolute atomic E-state index is 0.473. The van der Waals surface area contributed by atoms with E-state index in [0.29, 0.717) is 12.1 Å². The molecule has 0 aliphatic rings. The Balaban J connectivity index is 2.87. The molecule has 0 heterocycles. The molecule has 2 N–H and O–H groups in total. The summed E-state index contributed by atoms with van der Waals surface area (Å²) < 4.78 is 0. The van der Waals surface area contributed by atoms with Crippen LogP contribution in [-0.2, 0) is 13.0 Å². The quantitative estimate of drug-likeness (QED) is 0.790. The second kappa shape index (κ2) is 5.50. The highest BCUT2D eigenvalue weighted by molar-refractivity contribution is 5.39. The Morgan fingerprint density at radius 3 is 2.80 bits per heavy atom. The molecule has 0 spiro atoms. The van der Waals surface area contributed by atoms with Crippen molar-refractivity contribution in [1.82, 2.24) is 4.90 Å². The van der Waals surface area contributed by atoms with E-state index in [1.54, 1.807) is 6.07 Å². The molecule has 0 bridgehead atoms. The van der Waals surface area contributed by atoms with Crippen LogP contribution < -0.4 is 5.73 Å². The summed E-state index contributed by atoms with van der Waals surface area (Å²) in [7, 11) is 4.04. The summed E-state index contributed by atoms with van der Waals surface area (Å²) in [5.74, 6) is 0. The first-order chi connectivity index (χ1) is 7.17. The molecule has 79 valence electrons. The summed E-state index contributed by atoms with van der Waals surface area (Å²) in [6.45, 7) is 1.41. The second-order valence-corrected chi connectivity index (χ2v) is 3.77. The number of nitrogens with two attached hydrogens (primary N) is 1. The number of hydrogen-bond donors (Lipinski definition) is 1. The Morgan fingerprint density at radius 2 is 2.27 bits per heavy atom. The highest BCUT2D eigenvalue weighted by atomic mass is 15.0. The summed E-state index contributed by atoms with van der Waals surface area (Å²) in [5, 5.41) is 8.93. The van der Waals surface area contributed by atoms with Crippen LogP contribution in [0, 0.1) is 17.4 Å². The van der Waals surface area contributed by atoms with Gasteiger partial charge in [-0.1, -0.05) is 6.07 Å². The van der Waals surface area contributed by atoms with Crippen LogP contribution in [0.4, 0.5) is 0 Å². The Morgan fingerprint density at radius 1 is 1.53 bits per heavy atom. The van der Waals surface area contributed by atoms with E-state index in [1.165, 1.54) is 0 Å². The van der Waals surface area contributed by atoms with Crippen molar-refractivity contribution in [2.24, 2.45) is 5.73 Å². The smallest absolute Gasteiger partial charge is 0.0994 e. The summed E-state index contributed by atoms with van der Waals surface area (Å²) in [5.41, 5.74) is 8.27. The van der Waals surface area contributed by atoms with Crippen LogP contribution in [-0.4, -0.2) is 25.5 Å². The Labute approximate surface area is 91.1 Å². The molecule has 3 heteroatoms. The fraction of sp³-hybridized carbons (Fsp3) is 0.417. The van der Waals surface area contributed by atoms with E-state index < -0.39 is 0 Å². The molecule has 1 rings (SSSR count). The maximum Gasteiger partial charge on any atom is 0.0994 e. The molecule has 1 radical (unpaired) electrons. The van der Waals surface area contributed by atoms with Crippen molar-refractivity contribution < 1.29 is 0 Å². The van der Waals surface area contributed by atoms with Crippen molar-refractivity contribution >= 4 is 0 Å². The Hall–Kier alpha value is -1.37. The van der Waals surface area contributed by atoms with E-state index in [0.717, 1.165) is 24.1 Å². The highest BCUT2D eigenvalue weighted by Crippen LogP contribution is 2.11. The average Bonchev–Trinajstić information content (AvgIpc) is 2.25. The predicted octanol–water partition coefficient (Wildman–Crippen LogP) is 0.921. The lowest BCUT2D eigenvalue weighted by Crippen LogP contribution is -2.15. The molecule has 0 amide bonds. The molecule has 1 aromatic rings. The van der Waals surface area contributed by atoms with Crippen molar-refractivity contribution in [2.45, 2.75) is 13.0 Å². The maximum absolute atomic E-state index is 8.93. The molecule has 0 atom stereocenters. The van der Waals surface area contributed by atoms with Crippen LogP contribution in [0.2, 0.25) is 0 Å². The molecule has 1 aromatic carbocycles. The number of nitriles is 1. The highest BCUT2D eigenvalue weighted by Gasteiger charge is 2.03. The molecule has 0 fully saturated rings. The summed E-state index contributed by atoms with van der Waals surface area (Å²) in [4.78, 5) is 2.10. The van der Waals surface area contributed by atoms with E-state index in [-0.39, 0.29) is 0 Å². The minimum Gasteiger partial charge on any atom is -0.326 e. The topological polar surface area (TPSA) is 53.0 Å². The lowest BCUT2D eigenvalue weighted by molar-refractivity contribution is 0.413. The number of rotatable bonds is 4.